The molecule has 0 fully saturated rings. The van der Waals surface area contributed by atoms with Gasteiger partial charge in [0.05, 0.1) is 0 Å². The maximum Gasteiger partial charge on any atom is 0.253 e. The molecule has 5 nitrogen and oxygen atoms in total. The summed E-state index contributed by atoms with van der Waals surface area (Å²) >= 11 is 3.53. The fourth-order valence-corrected chi connectivity index (χ4v) is 4.15. The molecule has 0 saturated heterocycles. The van der Waals surface area contributed by atoms with E-state index in [0.29, 0.717) is 12.3 Å². The van der Waals surface area contributed by atoms with Crippen molar-refractivity contribution in [2.24, 2.45) is 0 Å². The molecule has 3 rings (SSSR count). The molecule has 0 spiro atoms. The van der Waals surface area contributed by atoms with Crippen molar-refractivity contribution in [1.29, 1.82) is 0 Å². The molecule has 2 heterocycles. The van der Waals surface area contributed by atoms with Gasteiger partial charge in [0.25, 0.3) is 5.91 Å². The number of hydrogen-bond acceptors (Lipinski definition) is 3. The number of benzene rings is 1. The smallest absolute Gasteiger partial charge is 0.253 e. The summed E-state index contributed by atoms with van der Waals surface area (Å²) in [6.07, 6.45) is 3.89. The highest BCUT2D eigenvalue weighted by atomic mass is 79.9. The Kier molecular flexibility index (Phi) is 6.61. The Morgan fingerprint density at radius 1 is 1.21 bits per heavy atom. The van der Waals surface area contributed by atoms with Gasteiger partial charge in [0, 0.05) is 62.2 Å². The van der Waals surface area contributed by atoms with Gasteiger partial charge in [-0.05, 0) is 45.7 Å². The van der Waals surface area contributed by atoms with E-state index in [1.807, 2.05) is 30.5 Å². The van der Waals surface area contributed by atoms with Gasteiger partial charge >= 0.3 is 0 Å². The van der Waals surface area contributed by atoms with Crippen LogP contribution in [0.1, 0.15) is 10.4 Å². The number of pyridine rings is 1. The SMILES string of the molecule is CN(C)C(=O)c1ccc(-c2cn(COCC[Si](C)(C)C)c3ncc(Br)cc23)cc1. The average molecular weight is 474 g/mol. The van der Waals surface area contributed by atoms with E-state index in [1.54, 1.807) is 19.0 Å². The Labute approximate surface area is 181 Å². The second-order valence-electron chi connectivity index (χ2n) is 8.66. The zero-order chi connectivity index (χ0) is 21.2. The molecule has 0 saturated carbocycles. The summed E-state index contributed by atoms with van der Waals surface area (Å²) in [5.41, 5.74) is 3.69. The van der Waals surface area contributed by atoms with E-state index in [-0.39, 0.29) is 5.91 Å². The van der Waals surface area contributed by atoms with Crippen LogP contribution in [0.25, 0.3) is 22.2 Å². The second-order valence-corrected chi connectivity index (χ2v) is 15.2. The lowest BCUT2D eigenvalue weighted by Crippen LogP contribution is -2.22. The molecule has 0 N–H and O–H groups in total. The molecule has 2 aromatic heterocycles. The normalized spacial score (nSPS) is 11.8. The van der Waals surface area contributed by atoms with Crippen LogP contribution in [0, 0.1) is 0 Å². The maximum atomic E-state index is 12.2. The van der Waals surface area contributed by atoms with Crippen molar-refractivity contribution in [3.8, 4) is 11.1 Å². The molecule has 0 radical (unpaired) electrons. The third kappa shape index (κ3) is 5.35. The van der Waals surface area contributed by atoms with Crippen LogP contribution in [0.4, 0.5) is 0 Å². The van der Waals surface area contributed by atoms with Crippen LogP contribution in [-0.2, 0) is 11.5 Å². The van der Waals surface area contributed by atoms with Gasteiger partial charge in [-0.15, -0.1) is 0 Å². The van der Waals surface area contributed by atoms with Gasteiger partial charge in [-0.2, -0.15) is 0 Å². The second kappa shape index (κ2) is 8.81. The third-order valence-electron chi connectivity index (χ3n) is 4.76. The highest BCUT2D eigenvalue weighted by Crippen LogP contribution is 2.31. The minimum absolute atomic E-state index is 0.000752. The van der Waals surface area contributed by atoms with E-state index in [0.717, 1.165) is 39.3 Å². The minimum Gasteiger partial charge on any atom is -0.361 e. The maximum absolute atomic E-state index is 12.2. The molecule has 0 unspecified atom stereocenters. The highest BCUT2D eigenvalue weighted by Gasteiger charge is 2.15. The van der Waals surface area contributed by atoms with Crippen LogP contribution in [0.3, 0.4) is 0 Å². The van der Waals surface area contributed by atoms with Gasteiger partial charge in [-0.3, -0.25) is 4.79 Å². The summed E-state index contributed by atoms with van der Waals surface area (Å²) in [5, 5.41) is 1.06. The molecule has 29 heavy (non-hydrogen) atoms. The van der Waals surface area contributed by atoms with Gasteiger partial charge in [0.15, 0.2) is 0 Å². The van der Waals surface area contributed by atoms with E-state index >= 15 is 0 Å². The molecule has 0 aliphatic heterocycles. The quantitative estimate of drug-likeness (QED) is 0.337. The number of nitrogens with zero attached hydrogens (tertiary/aromatic N) is 3. The molecular weight excluding hydrogens is 446 g/mol. The van der Waals surface area contributed by atoms with Gasteiger partial charge in [0.1, 0.15) is 12.4 Å². The summed E-state index contributed by atoms with van der Waals surface area (Å²) in [6, 6.07) is 10.9. The molecule has 0 aliphatic carbocycles. The average Bonchev–Trinajstić information content (AvgIpc) is 3.01. The molecule has 0 atom stereocenters. The van der Waals surface area contributed by atoms with Crippen LogP contribution < -0.4 is 0 Å². The molecule has 3 aromatic rings. The van der Waals surface area contributed by atoms with E-state index in [4.69, 9.17) is 4.74 Å². The summed E-state index contributed by atoms with van der Waals surface area (Å²) in [7, 11) is 2.40. The predicted molar refractivity (Wildman–Crippen MR) is 125 cm³/mol. The van der Waals surface area contributed by atoms with Crippen LogP contribution in [-0.4, -0.2) is 49.1 Å². The lowest BCUT2D eigenvalue weighted by atomic mass is 10.0. The summed E-state index contributed by atoms with van der Waals surface area (Å²) < 4.78 is 8.95. The minimum atomic E-state index is -1.11. The lowest BCUT2D eigenvalue weighted by Gasteiger charge is -2.15. The van der Waals surface area contributed by atoms with Crippen LogP contribution in [0.2, 0.25) is 25.7 Å². The fraction of sp³-hybridized carbons (Fsp3) is 0.364. The topological polar surface area (TPSA) is 47.4 Å². The Morgan fingerprint density at radius 2 is 1.90 bits per heavy atom. The van der Waals surface area contributed by atoms with Crippen molar-refractivity contribution in [1.82, 2.24) is 14.5 Å². The molecule has 0 bridgehead atoms. The Morgan fingerprint density at radius 3 is 2.52 bits per heavy atom. The van der Waals surface area contributed by atoms with Crippen molar-refractivity contribution in [2.45, 2.75) is 32.4 Å². The van der Waals surface area contributed by atoms with E-state index in [9.17, 15) is 4.79 Å². The van der Waals surface area contributed by atoms with E-state index in [2.05, 4.69) is 57.4 Å². The van der Waals surface area contributed by atoms with Crippen molar-refractivity contribution >= 4 is 40.9 Å². The number of fused-ring (bicyclic) bond motifs is 1. The van der Waals surface area contributed by atoms with E-state index in [1.165, 1.54) is 0 Å². The van der Waals surface area contributed by atoms with Crippen LogP contribution >= 0.6 is 15.9 Å². The van der Waals surface area contributed by atoms with Crippen LogP contribution in [0.15, 0.2) is 47.2 Å². The predicted octanol–water partition coefficient (Wildman–Crippen LogP) is 5.48. The molecular formula is C22H28BrN3O2Si. The number of aromatic nitrogens is 2. The Bertz CT molecular complexity index is 1010. The first-order chi connectivity index (χ1) is 13.7. The van der Waals surface area contributed by atoms with Gasteiger partial charge in [0.2, 0.25) is 0 Å². The van der Waals surface area contributed by atoms with E-state index < -0.39 is 8.07 Å². The van der Waals surface area contributed by atoms with Crippen molar-refractivity contribution in [3.63, 3.8) is 0 Å². The van der Waals surface area contributed by atoms with Crippen LogP contribution in [0.5, 0.6) is 0 Å². The number of carbonyl (C=O) groups is 1. The number of rotatable bonds is 7. The fourth-order valence-electron chi connectivity index (χ4n) is 3.07. The van der Waals surface area contributed by atoms with Crippen molar-refractivity contribution < 1.29 is 9.53 Å². The number of halogens is 1. The lowest BCUT2D eigenvalue weighted by molar-refractivity contribution is 0.0827. The molecule has 0 aliphatic rings. The summed E-state index contributed by atoms with van der Waals surface area (Å²) in [5.74, 6) is -0.000752. The molecule has 154 valence electrons. The molecule has 7 heteroatoms. The Hall–Kier alpha value is -1.96. The highest BCUT2D eigenvalue weighted by molar-refractivity contribution is 9.10. The standard InChI is InChI=1S/C22H28BrN3O2Si/c1-25(2)22(27)17-8-6-16(7-9-17)20-14-26(15-28-10-11-29(3,4)5)21-19(20)12-18(23)13-24-21/h6-9,12-14H,10-11,15H2,1-5H3. The Balaban J connectivity index is 1.90. The molecule has 1 aromatic carbocycles. The first kappa shape index (κ1) is 21.7. The largest absolute Gasteiger partial charge is 0.361 e. The first-order valence-electron chi connectivity index (χ1n) is 9.70. The van der Waals surface area contributed by atoms with Gasteiger partial charge in [-0.25, -0.2) is 4.98 Å². The first-order valence-corrected chi connectivity index (χ1v) is 14.2. The monoisotopic (exact) mass is 473 g/mol. The number of ether oxygens (including phenoxy) is 1. The number of amides is 1. The molecule has 1 amide bonds. The summed E-state index contributed by atoms with van der Waals surface area (Å²) in [4.78, 5) is 18.4. The van der Waals surface area contributed by atoms with Crippen molar-refractivity contribution in [3.05, 3.63) is 52.8 Å². The number of hydrogen-bond donors (Lipinski definition) is 0. The zero-order valence-electron chi connectivity index (χ0n) is 17.7. The summed E-state index contributed by atoms with van der Waals surface area (Å²) in [6.45, 7) is 8.30. The zero-order valence-corrected chi connectivity index (χ0v) is 20.3. The number of carbonyl (C=O) groups excluding carboxylic acids is 1. The third-order valence-corrected chi connectivity index (χ3v) is 6.89. The van der Waals surface area contributed by atoms with Gasteiger partial charge < -0.3 is 14.2 Å². The van der Waals surface area contributed by atoms with Gasteiger partial charge in [-0.1, -0.05) is 31.8 Å². The van der Waals surface area contributed by atoms with Crippen molar-refractivity contribution in [2.75, 3.05) is 20.7 Å².